The second-order valence-corrected chi connectivity index (χ2v) is 6.74. The molecule has 1 heterocycles. The number of rotatable bonds is 2. The lowest BCUT2D eigenvalue weighted by Gasteiger charge is -2.37. The fourth-order valence-electron chi connectivity index (χ4n) is 3.57. The molecule has 3 aliphatic rings. The molecule has 2 amide bonds. The van der Waals surface area contributed by atoms with Gasteiger partial charge in [-0.2, -0.15) is 0 Å². The molecule has 4 nitrogen and oxygen atoms in total. The number of fused-ring (bicyclic) bond motifs is 2. The smallest absolute Gasteiger partial charge is 0.317 e. The number of methoxy groups -OCH3 is 1. The van der Waals surface area contributed by atoms with E-state index in [1.165, 1.54) is 30.4 Å². The number of amides is 2. The molecular formula is C17H22N2O2. The minimum atomic E-state index is 0.118. The molecule has 4 heteroatoms. The van der Waals surface area contributed by atoms with Crippen LogP contribution in [0.15, 0.2) is 18.2 Å². The number of hydrogen-bond acceptors (Lipinski definition) is 2. The van der Waals surface area contributed by atoms with Gasteiger partial charge in [-0.25, -0.2) is 4.79 Å². The summed E-state index contributed by atoms with van der Waals surface area (Å²) < 4.78 is 5.36. The lowest BCUT2D eigenvalue weighted by atomic mass is 9.87. The molecule has 1 N–H and O–H groups in total. The molecular weight excluding hydrogens is 264 g/mol. The van der Waals surface area contributed by atoms with Crippen molar-refractivity contribution in [2.75, 3.05) is 13.7 Å². The number of carbonyl (C=O) groups is 1. The topological polar surface area (TPSA) is 41.6 Å². The highest BCUT2D eigenvalue weighted by atomic mass is 16.5. The fraction of sp³-hybridized carbons (Fsp3) is 0.588. The summed E-state index contributed by atoms with van der Waals surface area (Å²) in [6.45, 7) is 1.57. The van der Waals surface area contributed by atoms with E-state index >= 15 is 0 Å². The van der Waals surface area contributed by atoms with Gasteiger partial charge in [0.05, 0.1) is 7.11 Å². The van der Waals surface area contributed by atoms with E-state index in [4.69, 9.17) is 4.74 Å². The van der Waals surface area contributed by atoms with Crippen LogP contribution in [-0.2, 0) is 12.0 Å². The number of benzene rings is 1. The van der Waals surface area contributed by atoms with Gasteiger partial charge in [0, 0.05) is 24.5 Å². The van der Waals surface area contributed by atoms with Crippen molar-refractivity contribution >= 4 is 6.03 Å². The number of nitrogens with one attached hydrogen (secondary N) is 1. The highest BCUT2D eigenvalue weighted by molar-refractivity contribution is 5.75. The molecule has 2 saturated carbocycles. The Balaban J connectivity index is 1.56. The van der Waals surface area contributed by atoms with Gasteiger partial charge < -0.3 is 15.0 Å². The van der Waals surface area contributed by atoms with Gasteiger partial charge in [-0.3, -0.25) is 0 Å². The SMILES string of the molecule is COc1ccc2c(c1)C1(CC1)CN(C(=O)NC1CCC1)C2. The molecule has 2 fully saturated rings. The van der Waals surface area contributed by atoms with Gasteiger partial charge in [-0.05, 0) is 55.4 Å². The third-order valence-electron chi connectivity index (χ3n) is 5.32. The van der Waals surface area contributed by atoms with E-state index in [2.05, 4.69) is 17.4 Å². The van der Waals surface area contributed by atoms with Crippen molar-refractivity contribution in [1.29, 1.82) is 0 Å². The minimum Gasteiger partial charge on any atom is -0.497 e. The standard InChI is InChI=1S/C17H22N2O2/c1-21-14-6-5-12-10-19(16(20)18-13-3-2-4-13)11-17(7-8-17)15(12)9-14/h5-6,9,13H,2-4,7-8,10-11H2,1H3,(H,18,20). The Morgan fingerprint density at radius 1 is 1.38 bits per heavy atom. The Labute approximate surface area is 125 Å². The Kier molecular flexibility index (Phi) is 2.88. The van der Waals surface area contributed by atoms with Gasteiger partial charge in [0.15, 0.2) is 0 Å². The maximum atomic E-state index is 12.4. The third kappa shape index (κ3) is 2.17. The lowest BCUT2D eigenvalue weighted by Crippen LogP contribution is -2.50. The van der Waals surface area contributed by atoms with Crippen LogP contribution in [0.25, 0.3) is 0 Å². The first-order valence-electron chi connectivity index (χ1n) is 7.93. The first-order chi connectivity index (χ1) is 10.2. The van der Waals surface area contributed by atoms with Crippen molar-refractivity contribution < 1.29 is 9.53 Å². The third-order valence-corrected chi connectivity index (χ3v) is 5.32. The van der Waals surface area contributed by atoms with E-state index in [0.29, 0.717) is 6.04 Å². The molecule has 0 radical (unpaired) electrons. The second kappa shape index (κ2) is 4.65. The van der Waals surface area contributed by atoms with Crippen molar-refractivity contribution in [3.63, 3.8) is 0 Å². The normalized spacial score (nSPS) is 22.4. The summed E-state index contributed by atoms with van der Waals surface area (Å²) in [7, 11) is 1.71. The number of ether oxygens (including phenoxy) is 1. The molecule has 4 rings (SSSR count). The van der Waals surface area contributed by atoms with Crippen LogP contribution in [0.1, 0.15) is 43.2 Å². The van der Waals surface area contributed by atoms with Crippen LogP contribution in [0.5, 0.6) is 5.75 Å². The minimum absolute atomic E-state index is 0.118. The Hall–Kier alpha value is -1.71. The summed E-state index contributed by atoms with van der Waals surface area (Å²) >= 11 is 0. The molecule has 1 aliphatic heterocycles. The zero-order valence-corrected chi connectivity index (χ0v) is 12.5. The Morgan fingerprint density at radius 2 is 2.19 bits per heavy atom. The molecule has 0 atom stereocenters. The van der Waals surface area contributed by atoms with Crippen molar-refractivity contribution in [3.05, 3.63) is 29.3 Å². The van der Waals surface area contributed by atoms with Gasteiger partial charge in [-0.15, -0.1) is 0 Å². The Morgan fingerprint density at radius 3 is 2.81 bits per heavy atom. The van der Waals surface area contributed by atoms with Crippen LogP contribution < -0.4 is 10.1 Å². The van der Waals surface area contributed by atoms with Crippen molar-refractivity contribution in [1.82, 2.24) is 10.2 Å². The van der Waals surface area contributed by atoms with E-state index in [9.17, 15) is 4.79 Å². The maximum Gasteiger partial charge on any atom is 0.317 e. The van der Waals surface area contributed by atoms with Crippen LogP contribution in [0, 0.1) is 0 Å². The molecule has 1 aromatic rings. The lowest BCUT2D eigenvalue weighted by molar-refractivity contribution is 0.173. The van der Waals surface area contributed by atoms with Crippen molar-refractivity contribution in [2.45, 2.75) is 50.1 Å². The number of hydrogen-bond donors (Lipinski definition) is 1. The number of carbonyl (C=O) groups excluding carboxylic acids is 1. The molecule has 0 unspecified atom stereocenters. The number of nitrogens with zero attached hydrogens (tertiary/aromatic N) is 1. The van der Waals surface area contributed by atoms with E-state index in [1.54, 1.807) is 7.11 Å². The highest BCUT2D eigenvalue weighted by Crippen LogP contribution is 2.53. The van der Waals surface area contributed by atoms with Crippen LogP contribution in [0.3, 0.4) is 0 Å². The maximum absolute atomic E-state index is 12.4. The summed E-state index contributed by atoms with van der Waals surface area (Å²) in [6, 6.07) is 6.82. The van der Waals surface area contributed by atoms with E-state index in [0.717, 1.165) is 31.7 Å². The predicted octanol–water partition coefficient (Wildman–Crippen LogP) is 2.80. The average molecular weight is 286 g/mol. The summed E-state index contributed by atoms with van der Waals surface area (Å²) in [5.41, 5.74) is 2.87. The van der Waals surface area contributed by atoms with Crippen LogP contribution >= 0.6 is 0 Å². The van der Waals surface area contributed by atoms with Gasteiger partial charge in [0.2, 0.25) is 0 Å². The summed E-state index contributed by atoms with van der Waals surface area (Å²) in [4.78, 5) is 14.4. The average Bonchev–Trinajstić information content (AvgIpc) is 3.22. The van der Waals surface area contributed by atoms with E-state index in [-0.39, 0.29) is 11.4 Å². The molecule has 2 aliphatic carbocycles. The van der Waals surface area contributed by atoms with Crippen molar-refractivity contribution in [2.24, 2.45) is 0 Å². The summed E-state index contributed by atoms with van der Waals surface area (Å²) in [5, 5.41) is 3.17. The predicted molar refractivity (Wildman–Crippen MR) is 80.5 cm³/mol. The molecule has 0 saturated heterocycles. The molecule has 1 aromatic carbocycles. The van der Waals surface area contributed by atoms with Gasteiger partial charge >= 0.3 is 6.03 Å². The molecule has 21 heavy (non-hydrogen) atoms. The van der Waals surface area contributed by atoms with Gasteiger partial charge in [-0.1, -0.05) is 6.07 Å². The Bertz CT molecular complexity index is 576. The molecule has 1 spiro atoms. The fourth-order valence-corrected chi connectivity index (χ4v) is 3.57. The second-order valence-electron chi connectivity index (χ2n) is 6.74. The highest BCUT2D eigenvalue weighted by Gasteiger charge is 2.50. The molecule has 0 bridgehead atoms. The first kappa shape index (κ1) is 13.0. The van der Waals surface area contributed by atoms with Crippen LogP contribution in [0.2, 0.25) is 0 Å². The van der Waals surface area contributed by atoms with Gasteiger partial charge in [0.25, 0.3) is 0 Å². The quantitative estimate of drug-likeness (QED) is 0.908. The zero-order valence-electron chi connectivity index (χ0n) is 12.5. The van der Waals surface area contributed by atoms with Gasteiger partial charge in [0.1, 0.15) is 5.75 Å². The van der Waals surface area contributed by atoms with Crippen molar-refractivity contribution in [3.8, 4) is 5.75 Å². The zero-order chi connectivity index (χ0) is 14.4. The van der Waals surface area contributed by atoms with E-state index in [1.807, 2.05) is 11.0 Å². The summed E-state index contributed by atoms with van der Waals surface area (Å²) in [5.74, 6) is 0.924. The number of urea groups is 1. The van der Waals surface area contributed by atoms with E-state index < -0.39 is 0 Å². The summed E-state index contributed by atoms with van der Waals surface area (Å²) in [6.07, 6.45) is 5.88. The van der Waals surface area contributed by atoms with Crippen LogP contribution in [-0.4, -0.2) is 30.6 Å². The largest absolute Gasteiger partial charge is 0.497 e. The first-order valence-corrected chi connectivity index (χ1v) is 7.93. The monoisotopic (exact) mass is 286 g/mol. The molecule has 112 valence electrons. The molecule has 0 aromatic heterocycles. The van der Waals surface area contributed by atoms with Crippen LogP contribution in [0.4, 0.5) is 4.79 Å².